The summed E-state index contributed by atoms with van der Waals surface area (Å²) in [5.74, 6) is 2.91. The number of nitrogens with one attached hydrogen (secondary N) is 1. The van der Waals surface area contributed by atoms with Crippen molar-refractivity contribution in [3.8, 4) is 23.3 Å². The van der Waals surface area contributed by atoms with E-state index in [2.05, 4.69) is 25.3 Å². The summed E-state index contributed by atoms with van der Waals surface area (Å²) in [6.45, 7) is 2.53. The summed E-state index contributed by atoms with van der Waals surface area (Å²) in [4.78, 5) is 17.5. The van der Waals surface area contributed by atoms with Crippen LogP contribution in [0.3, 0.4) is 0 Å². The molecule has 0 aliphatic rings. The van der Waals surface area contributed by atoms with Crippen molar-refractivity contribution in [2.75, 3.05) is 33.8 Å². The quantitative estimate of drug-likeness (QED) is 0.275. The Kier molecular flexibility index (Phi) is 8.60. The average Bonchev–Trinajstić information content (AvgIpc) is 2.95. The molecule has 0 saturated heterocycles. The maximum Gasteiger partial charge on any atom is 0.257 e. The molecule has 5 aromatic rings. The third-order valence-corrected chi connectivity index (χ3v) is 5.86. The number of fused-ring (bicyclic) bond motifs is 2. The number of nitrogens with zero attached hydrogens (tertiary/aromatic N) is 4. The molecule has 9 nitrogen and oxygen atoms in total. The van der Waals surface area contributed by atoms with Crippen LogP contribution in [-0.4, -0.2) is 48.4 Å². The Morgan fingerprint density at radius 2 is 1.37 bits per heavy atom. The van der Waals surface area contributed by atoms with Crippen LogP contribution < -0.4 is 24.3 Å². The molecular weight excluding hydrogens is 506 g/mol. The Bertz CT molecular complexity index is 1560. The summed E-state index contributed by atoms with van der Waals surface area (Å²) >= 11 is 5.84. The van der Waals surface area contributed by atoms with Gasteiger partial charge in [-0.2, -0.15) is 0 Å². The van der Waals surface area contributed by atoms with Crippen LogP contribution in [0.5, 0.6) is 23.3 Å². The number of ether oxygens (including phenoxy) is 4. The maximum absolute atomic E-state index is 5.84. The van der Waals surface area contributed by atoms with Crippen molar-refractivity contribution in [1.29, 1.82) is 0 Å². The largest absolute Gasteiger partial charge is 0.497 e. The fourth-order valence-corrected chi connectivity index (χ4v) is 3.89. The van der Waals surface area contributed by atoms with Gasteiger partial charge >= 0.3 is 0 Å². The van der Waals surface area contributed by atoms with Crippen molar-refractivity contribution in [2.45, 2.75) is 13.5 Å². The Labute approximate surface area is 225 Å². The van der Waals surface area contributed by atoms with E-state index in [1.807, 2.05) is 67.6 Å². The molecule has 196 valence electrons. The molecule has 0 spiro atoms. The van der Waals surface area contributed by atoms with Crippen LogP contribution in [-0.2, 0) is 6.54 Å². The van der Waals surface area contributed by atoms with E-state index in [9.17, 15) is 0 Å². The van der Waals surface area contributed by atoms with Crippen molar-refractivity contribution in [1.82, 2.24) is 19.9 Å². The van der Waals surface area contributed by atoms with Crippen LogP contribution >= 0.6 is 11.6 Å². The number of hydrogen-bond acceptors (Lipinski definition) is 9. The number of benzene rings is 3. The summed E-state index contributed by atoms with van der Waals surface area (Å²) < 4.78 is 21.0. The van der Waals surface area contributed by atoms with Gasteiger partial charge in [0.1, 0.15) is 11.5 Å². The van der Waals surface area contributed by atoms with Gasteiger partial charge in [0.25, 0.3) is 11.8 Å². The molecule has 0 radical (unpaired) electrons. The molecule has 3 aromatic carbocycles. The van der Waals surface area contributed by atoms with Crippen molar-refractivity contribution in [3.63, 3.8) is 0 Å². The second kappa shape index (κ2) is 12.2. The van der Waals surface area contributed by atoms with E-state index in [0.29, 0.717) is 29.3 Å². The van der Waals surface area contributed by atoms with Gasteiger partial charge < -0.3 is 24.3 Å². The molecule has 0 bridgehead atoms. The molecule has 0 saturated carbocycles. The monoisotopic (exact) mass is 533 g/mol. The zero-order valence-electron chi connectivity index (χ0n) is 21.8. The predicted molar refractivity (Wildman–Crippen MR) is 149 cm³/mol. The number of halogens is 1. The van der Waals surface area contributed by atoms with E-state index in [-0.39, 0.29) is 0 Å². The van der Waals surface area contributed by atoms with Gasteiger partial charge in [0.05, 0.1) is 50.5 Å². The van der Waals surface area contributed by atoms with E-state index in [1.54, 1.807) is 21.3 Å². The molecule has 10 heteroatoms. The Balaban J connectivity index is 0.000000204. The third kappa shape index (κ3) is 6.12. The summed E-state index contributed by atoms with van der Waals surface area (Å²) in [5, 5.41) is 3.56. The summed E-state index contributed by atoms with van der Waals surface area (Å²) in [5.41, 5.74) is 5.29. The topological polar surface area (TPSA) is 101 Å². The van der Waals surface area contributed by atoms with Gasteiger partial charge in [-0.15, -0.1) is 0 Å². The number of methoxy groups -OCH3 is 4. The first-order valence-corrected chi connectivity index (χ1v) is 12.1. The van der Waals surface area contributed by atoms with Gasteiger partial charge in [-0.25, -0.2) is 19.9 Å². The highest BCUT2D eigenvalue weighted by Crippen LogP contribution is 2.28. The smallest absolute Gasteiger partial charge is 0.257 e. The number of hydrogen-bond donors (Lipinski definition) is 1. The molecule has 0 aliphatic carbocycles. The van der Waals surface area contributed by atoms with Gasteiger partial charge in [-0.3, -0.25) is 0 Å². The first-order chi connectivity index (χ1) is 18.4. The lowest BCUT2D eigenvalue weighted by atomic mass is 10.2. The lowest BCUT2D eigenvalue weighted by molar-refractivity contribution is 0.391. The van der Waals surface area contributed by atoms with Crippen LogP contribution in [0.25, 0.3) is 22.1 Å². The fraction of sp³-hybridized carbons (Fsp3) is 0.214. The van der Waals surface area contributed by atoms with Crippen LogP contribution in [0.1, 0.15) is 11.1 Å². The normalized spacial score (nSPS) is 10.5. The van der Waals surface area contributed by atoms with Crippen molar-refractivity contribution in [2.24, 2.45) is 0 Å². The third-order valence-electron chi connectivity index (χ3n) is 5.61. The number of para-hydroxylation sites is 2. The van der Waals surface area contributed by atoms with Gasteiger partial charge in [-0.05, 0) is 48.9 Å². The first-order valence-electron chi connectivity index (χ1n) is 11.7. The minimum atomic E-state index is 0.295. The van der Waals surface area contributed by atoms with Crippen molar-refractivity contribution >= 4 is 39.5 Å². The maximum atomic E-state index is 5.84. The SMILES string of the molecule is COc1ccc(CNc2nc3ccccc3nc2OC)c(OC)c1.COc1nc2cc(C)ccc2nc1Cl. The van der Waals surface area contributed by atoms with Crippen LogP contribution in [0.4, 0.5) is 5.82 Å². The van der Waals surface area contributed by atoms with Crippen LogP contribution in [0.15, 0.2) is 60.7 Å². The zero-order chi connectivity index (χ0) is 27.1. The molecule has 0 atom stereocenters. The summed E-state index contributed by atoms with van der Waals surface area (Å²) in [6.07, 6.45) is 0. The molecule has 0 unspecified atom stereocenters. The van der Waals surface area contributed by atoms with E-state index in [1.165, 1.54) is 7.11 Å². The molecule has 2 heterocycles. The highest BCUT2D eigenvalue weighted by molar-refractivity contribution is 6.31. The zero-order valence-corrected chi connectivity index (χ0v) is 22.5. The van der Waals surface area contributed by atoms with Crippen molar-refractivity contribution in [3.05, 3.63) is 76.9 Å². The predicted octanol–water partition coefficient (Wildman–Crippen LogP) is 5.87. The molecule has 0 amide bonds. The number of aromatic nitrogens is 4. The van der Waals surface area contributed by atoms with E-state index < -0.39 is 0 Å². The Morgan fingerprint density at radius 3 is 2.05 bits per heavy atom. The van der Waals surface area contributed by atoms with E-state index in [4.69, 9.17) is 30.5 Å². The highest BCUT2D eigenvalue weighted by atomic mass is 35.5. The fourth-order valence-electron chi connectivity index (χ4n) is 3.67. The van der Waals surface area contributed by atoms with Gasteiger partial charge in [0.2, 0.25) is 0 Å². The summed E-state index contributed by atoms with van der Waals surface area (Å²) in [7, 11) is 6.37. The van der Waals surface area contributed by atoms with Crippen molar-refractivity contribution < 1.29 is 18.9 Å². The van der Waals surface area contributed by atoms with Gasteiger partial charge in [0.15, 0.2) is 11.0 Å². The molecule has 1 N–H and O–H groups in total. The van der Waals surface area contributed by atoms with Crippen LogP contribution in [0.2, 0.25) is 5.15 Å². The lowest BCUT2D eigenvalue weighted by Crippen LogP contribution is -2.06. The minimum absolute atomic E-state index is 0.295. The minimum Gasteiger partial charge on any atom is -0.497 e. The molecule has 2 aromatic heterocycles. The molecule has 5 rings (SSSR count). The number of anilines is 1. The number of rotatable bonds is 7. The summed E-state index contributed by atoms with van der Waals surface area (Å²) in [6, 6.07) is 19.2. The molecule has 0 aliphatic heterocycles. The number of aryl methyl sites for hydroxylation is 1. The second-order valence-corrected chi connectivity index (χ2v) is 8.48. The van der Waals surface area contributed by atoms with E-state index in [0.717, 1.165) is 44.7 Å². The average molecular weight is 534 g/mol. The first kappa shape index (κ1) is 26.7. The van der Waals surface area contributed by atoms with E-state index >= 15 is 0 Å². The Hall–Kier alpha value is -4.37. The highest BCUT2D eigenvalue weighted by Gasteiger charge is 2.11. The van der Waals surface area contributed by atoms with Gasteiger partial charge in [-0.1, -0.05) is 29.8 Å². The lowest BCUT2D eigenvalue weighted by Gasteiger charge is -2.13. The molecule has 38 heavy (non-hydrogen) atoms. The van der Waals surface area contributed by atoms with Gasteiger partial charge in [0, 0.05) is 18.2 Å². The molecule has 0 fully saturated rings. The Morgan fingerprint density at radius 1 is 0.684 bits per heavy atom. The second-order valence-electron chi connectivity index (χ2n) is 8.12. The van der Waals surface area contributed by atoms with Crippen LogP contribution in [0, 0.1) is 6.92 Å². The standard InChI is InChI=1S/C18H19N3O3.C10H9ClN2O/c1-22-13-9-8-12(16(10-13)23-2)11-19-17-18(24-3)21-15-7-5-4-6-14(15)20-17;1-6-3-4-7-8(5-6)13-10(14-2)9(11)12-7/h4-10H,11H2,1-3H3,(H,19,20);3-5H,1-2H3. The molecular formula is C28H28ClN5O4.